The summed E-state index contributed by atoms with van der Waals surface area (Å²) >= 11 is 0. The summed E-state index contributed by atoms with van der Waals surface area (Å²) < 4.78 is 27.5. The third-order valence-corrected chi connectivity index (χ3v) is 4.61. The first kappa shape index (κ1) is 16.6. The van der Waals surface area contributed by atoms with Crippen LogP contribution in [-0.2, 0) is 10.0 Å². The normalized spacial score (nSPS) is 15.8. The molecule has 0 spiro atoms. The minimum atomic E-state index is -3.38. The van der Waals surface area contributed by atoms with Crippen LogP contribution in [0.1, 0.15) is 47.9 Å². The van der Waals surface area contributed by atoms with Crippen molar-refractivity contribution >= 4 is 21.6 Å². The van der Waals surface area contributed by atoms with Crippen molar-refractivity contribution in [2.45, 2.75) is 31.8 Å². The summed E-state index contributed by atoms with van der Waals surface area (Å²) in [5.41, 5.74) is 1.84. The molecule has 0 saturated heterocycles. The highest BCUT2D eigenvalue weighted by atomic mass is 32.2. The van der Waals surface area contributed by atoms with Gasteiger partial charge in [-0.1, -0.05) is 18.2 Å². The van der Waals surface area contributed by atoms with E-state index in [1.807, 2.05) is 29.8 Å². The lowest BCUT2D eigenvalue weighted by Gasteiger charge is -2.19. The van der Waals surface area contributed by atoms with Crippen molar-refractivity contribution in [2.24, 2.45) is 0 Å². The maximum Gasteiger partial charge on any atom is 0.268 e. The molecule has 1 aliphatic rings. The van der Waals surface area contributed by atoms with E-state index in [0.29, 0.717) is 17.4 Å². The van der Waals surface area contributed by atoms with E-state index in [4.69, 9.17) is 0 Å². The quantitative estimate of drug-likeness (QED) is 0.843. The smallest absolute Gasteiger partial charge is 0.268 e. The first-order valence-corrected chi connectivity index (χ1v) is 9.79. The molecule has 2 N–H and O–H groups in total. The second-order valence-corrected chi connectivity index (χ2v) is 7.94. The number of anilines is 1. The zero-order valence-corrected chi connectivity index (χ0v) is 14.5. The van der Waals surface area contributed by atoms with Gasteiger partial charge in [-0.25, -0.2) is 8.42 Å². The van der Waals surface area contributed by atoms with Crippen molar-refractivity contribution in [3.05, 3.63) is 53.9 Å². The van der Waals surface area contributed by atoms with Gasteiger partial charge < -0.3 is 9.88 Å². The summed E-state index contributed by atoms with van der Waals surface area (Å²) in [4.78, 5) is 12.6. The van der Waals surface area contributed by atoms with Crippen LogP contribution in [-0.4, -0.2) is 25.1 Å². The lowest BCUT2D eigenvalue weighted by Crippen LogP contribution is -2.29. The van der Waals surface area contributed by atoms with Gasteiger partial charge in [0.2, 0.25) is 10.0 Å². The summed E-state index contributed by atoms with van der Waals surface area (Å²) in [6.45, 7) is 1.84. The predicted molar refractivity (Wildman–Crippen MR) is 93.5 cm³/mol. The fourth-order valence-electron chi connectivity index (χ4n) is 2.77. The Morgan fingerprint density at radius 3 is 2.58 bits per heavy atom. The molecule has 2 aromatic rings. The maximum absolute atomic E-state index is 12.6. The number of hydrogen-bond acceptors (Lipinski definition) is 3. The van der Waals surface area contributed by atoms with E-state index in [2.05, 4.69) is 10.0 Å². The van der Waals surface area contributed by atoms with Crippen molar-refractivity contribution in [1.82, 2.24) is 9.88 Å². The van der Waals surface area contributed by atoms with Gasteiger partial charge in [-0.3, -0.25) is 9.52 Å². The predicted octanol–water partition coefficient (Wildman–Crippen LogP) is 2.69. The van der Waals surface area contributed by atoms with Gasteiger partial charge in [0, 0.05) is 12.2 Å². The van der Waals surface area contributed by atoms with Crippen LogP contribution in [0.2, 0.25) is 0 Å². The summed E-state index contributed by atoms with van der Waals surface area (Å²) in [5, 5.41) is 2.95. The van der Waals surface area contributed by atoms with Gasteiger partial charge in [-0.2, -0.15) is 0 Å². The van der Waals surface area contributed by atoms with Gasteiger partial charge in [0.15, 0.2) is 0 Å². The molecule has 1 amide bonds. The average molecular weight is 347 g/mol. The van der Waals surface area contributed by atoms with E-state index >= 15 is 0 Å². The molecule has 0 bridgehead atoms. The van der Waals surface area contributed by atoms with Crippen molar-refractivity contribution in [3.8, 4) is 0 Å². The fourth-order valence-corrected chi connectivity index (χ4v) is 3.36. The summed E-state index contributed by atoms with van der Waals surface area (Å²) in [6, 6.07) is 10.8. The standard InChI is InChI=1S/C17H21N3O3S/c1-12(14-6-3-4-7-15(14)19-24(2,22)23)18-17(21)16-8-5-11-20(16)13-9-10-13/h3-8,11-13,19H,9-10H2,1-2H3,(H,18,21)/t12-/m0/s1. The maximum atomic E-state index is 12.6. The van der Waals surface area contributed by atoms with Gasteiger partial charge in [0.1, 0.15) is 5.69 Å². The van der Waals surface area contributed by atoms with Crippen molar-refractivity contribution in [1.29, 1.82) is 0 Å². The van der Waals surface area contributed by atoms with Crippen LogP contribution in [0.5, 0.6) is 0 Å². The molecule has 1 heterocycles. The largest absolute Gasteiger partial charge is 0.344 e. The molecule has 0 unspecified atom stereocenters. The number of carbonyl (C=O) groups is 1. The van der Waals surface area contributed by atoms with Crippen molar-refractivity contribution in [3.63, 3.8) is 0 Å². The van der Waals surface area contributed by atoms with Crippen LogP contribution in [0.3, 0.4) is 0 Å². The molecule has 1 aliphatic carbocycles. The third kappa shape index (κ3) is 3.79. The number of carbonyl (C=O) groups excluding carboxylic acids is 1. The number of aromatic nitrogens is 1. The van der Waals surface area contributed by atoms with E-state index in [1.165, 1.54) is 0 Å². The number of sulfonamides is 1. The fraction of sp³-hybridized carbons (Fsp3) is 0.353. The molecule has 24 heavy (non-hydrogen) atoms. The first-order chi connectivity index (χ1) is 11.3. The van der Waals surface area contributed by atoms with Gasteiger partial charge in [0.25, 0.3) is 5.91 Å². The lowest BCUT2D eigenvalue weighted by molar-refractivity contribution is 0.0930. The molecular formula is C17H21N3O3S. The molecule has 1 aromatic heterocycles. The third-order valence-electron chi connectivity index (χ3n) is 4.02. The molecule has 128 valence electrons. The first-order valence-electron chi connectivity index (χ1n) is 7.89. The molecule has 1 aromatic carbocycles. The highest BCUT2D eigenvalue weighted by Gasteiger charge is 2.27. The Kier molecular flexibility index (Phi) is 4.36. The van der Waals surface area contributed by atoms with E-state index < -0.39 is 10.0 Å². The van der Waals surface area contributed by atoms with Crippen LogP contribution >= 0.6 is 0 Å². The van der Waals surface area contributed by atoms with Crippen LogP contribution in [0.25, 0.3) is 0 Å². The number of para-hydroxylation sites is 1. The van der Waals surface area contributed by atoms with Gasteiger partial charge in [-0.05, 0) is 43.5 Å². The van der Waals surface area contributed by atoms with Crippen molar-refractivity contribution < 1.29 is 13.2 Å². The average Bonchev–Trinajstić information content (AvgIpc) is 3.22. The van der Waals surface area contributed by atoms with Crippen LogP contribution in [0, 0.1) is 0 Å². The lowest BCUT2D eigenvalue weighted by atomic mass is 10.1. The SMILES string of the molecule is C[C@H](NC(=O)c1cccn1C1CC1)c1ccccc1NS(C)(=O)=O. The molecule has 1 saturated carbocycles. The molecule has 1 fully saturated rings. The Balaban J connectivity index is 1.78. The van der Waals surface area contributed by atoms with Crippen molar-refractivity contribution in [2.75, 3.05) is 11.0 Å². The number of hydrogen-bond donors (Lipinski definition) is 2. The van der Waals surface area contributed by atoms with E-state index in [9.17, 15) is 13.2 Å². The van der Waals surface area contributed by atoms with E-state index in [0.717, 1.165) is 24.7 Å². The zero-order chi connectivity index (χ0) is 17.3. The van der Waals surface area contributed by atoms with Gasteiger partial charge >= 0.3 is 0 Å². The Labute approximate surface area is 141 Å². The minimum Gasteiger partial charge on any atom is -0.344 e. The number of benzene rings is 1. The topological polar surface area (TPSA) is 80.2 Å². The second kappa shape index (κ2) is 6.32. The summed E-state index contributed by atoms with van der Waals surface area (Å²) in [7, 11) is -3.38. The second-order valence-electron chi connectivity index (χ2n) is 6.19. The van der Waals surface area contributed by atoms with Crippen LogP contribution < -0.4 is 10.0 Å². The monoisotopic (exact) mass is 347 g/mol. The van der Waals surface area contributed by atoms with Crippen LogP contribution in [0.4, 0.5) is 5.69 Å². The zero-order valence-electron chi connectivity index (χ0n) is 13.7. The Morgan fingerprint density at radius 2 is 1.92 bits per heavy atom. The molecule has 7 heteroatoms. The number of nitrogens with one attached hydrogen (secondary N) is 2. The Morgan fingerprint density at radius 1 is 1.21 bits per heavy atom. The molecule has 0 aliphatic heterocycles. The number of nitrogens with zero attached hydrogens (tertiary/aromatic N) is 1. The molecule has 3 rings (SSSR count). The van der Waals surface area contributed by atoms with E-state index in [-0.39, 0.29) is 11.9 Å². The number of amides is 1. The molecule has 6 nitrogen and oxygen atoms in total. The Bertz CT molecular complexity index is 853. The minimum absolute atomic E-state index is 0.159. The summed E-state index contributed by atoms with van der Waals surface area (Å²) in [6.07, 6.45) is 5.24. The van der Waals surface area contributed by atoms with E-state index in [1.54, 1.807) is 24.3 Å². The number of rotatable bonds is 6. The molecule has 0 radical (unpaired) electrons. The molecule has 1 atom stereocenters. The van der Waals surface area contributed by atoms with Gasteiger partial charge in [0.05, 0.1) is 18.0 Å². The highest BCUT2D eigenvalue weighted by molar-refractivity contribution is 7.92. The van der Waals surface area contributed by atoms with Crippen LogP contribution in [0.15, 0.2) is 42.6 Å². The highest BCUT2D eigenvalue weighted by Crippen LogP contribution is 2.36. The Hall–Kier alpha value is -2.28. The molecular weight excluding hydrogens is 326 g/mol. The summed E-state index contributed by atoms with van der Waals surface area (Å²) in [5.74, 6) is -0.159. The van der Waals surface area contributed by atoms with Gasteiger partial charge in [-0.15, -0.1) is 0 Å².